The largest absolute Gasteiger partial charge is 0.364 e. The van der Waals surface area contributed by atoms with Gasteiger partial charge in [-0.3, -0.25) is 9.59 Å². The molecule has 0 saturated carbocycles. The van der Waals surface area contributed by atoms with E-state index < -0.39 is 0 Å². The average Bonchev–Trinajstić information content (AvgIpc) is 2.83. The molecule has 1 aromatic rings. The number of methoxy groups -OCH3 is 1. The quantitative estimate of drug-likeness (QED) is 0.777. The Morgan fingerprint density at radius 3 is 2.37 bits per heavy atom. The Labute approximate surface area is 111 Å². The number of imidazole rings is 1. The van der Waals surface area contributed by atoms with E-state index in [0.29, 0.717) is 34.7 Å². The lowest BCUT2D eigenvalue weighted by Crippen LogP contribution is -2.20. The summed E-state index contributed by atoms with van der Waals surface area (Å²) in [6, 6.07) is 0. The second-order valence-electron chi connectivity index (χ2n) is 4.60. The van der Waals surface area contributed by atoms with Gasteiger partial charge in [-0.05, 0) is 20.8 Å². The van der Waals surface area contributed by atoms with E-state index >= 15 is 0 Å². The van der Waals surface area contributed by atoms with Gasteiger partial charge in [-0.1, -0.05) is 0 Å². The summed E-state index contributed by atoms with van der Waals surface area (Å²) in [5, 5.41) is 0. The Morgan fingerprint density at radius 2 is 1.74 bits per heavy atom. The van der Waals surface area contributed by atoms with Crippen LogP contribution in [0.3, 0.4) is 0 Å². The maximum atomic E-state index is 12.3. The summed E-state index contributed by atoms with van der Waals surface area (Å²) >= 11 is 0. The molecular formula is C14H16N2O3. The number of nitrogens with zero attached hydrogens (tertiary/aromatic N) is 2. The zero-order valence-corrected chi connectivity index (χ0v) is 11.5. The molecule has 100 valence electrons. The molecule has 0 fully saturated rings. The monoisotopic (exact) mass is 260 g/mol. The predicted molar refractivity (Wildman–Crippen MR) is 70.2 cm³/mol. The van der Waals surface area contributed by atoms with Crippen molar-refractivity contribution in [1.29, 1.82) is 0 Å². The van der Waals surface area contributed by atoms with Gasteiger partial charge in [-0.15, -0.1) is 0 Å². The van der Waals surface area contributed by atoms with Crippen molar-refractivity contribution >= 4 is 17.1 Å². The maximum absolute atomic E-state index is 12.3. The zero-order chi connectivity index (χ0) is 14.2. The Morgan fingerprint density at radius 1 is 1.11 bits per heavy atom. The summed E-state index contributed by atoms with van der Waals surface area (Å²) in [4.78, 5) is 28.6. The molecule has 1 aliphatic rings. The van der Waals surface area contributed by atoms with Crippen LogP contribution in [0.25, 0.3) is 5.57 Å². The van der Waals surface area contributed by atoms with Crippen molar-refractivity contribution in [1.82, 2.24) is 9.55 Å². The molecule has 0 saturated heterocycles. The molecule has 0 N–H and O–H groups in total. The molecule has 1 heterocycles. The molecule has 0 unspecified atom stereocenters. The number of carbonyl (C=O) groups is 2. The van der Waals surface area contributed by atoms with Crippen LogP contribution in [0.15, 0.2) is 29.2 Å². The van der Waals surface area contributed by atoms with Gasteiger partial charge in [0.1, 0.15) is 6.73 Å². The van der Waals surface area contributed by atoms with E-state index in [1.807, 2.05) is 0 Å². The highest BCUT2D eigenvalue weighted by Crippen LogP contribution is 2.29. The molecule has 1 aliphatic carbocycles. The van der Waals surface area contributed by atoms with Crippen molar-refractivity contribution in [3.05, 3.63) is 34.9 Å². The lowest BCUT2D eigenvalue weighted by molar-refractivity contribution is -0.115. The molecule has 1 aromatic heterocycles. The first-order valence-corrected chi connectivity index (χ1v) is 5.96. The summed E-state index contributed by atoms with van der Waals surface area (Å²) in [6.45, 7) is 5.38. The van der Waals surface area contributed by atoms with Gasteiger partial charge in [0.2, 0.25) is 0 Å². The van der Waals surface area contributed by atoms with E-state index in [4.69, 9.17) is 4.74 Å². The van der Waals surface area contributed by atoms with Gasteiger partial charge < -0.3 is 9.30 Å². The highest BCUT2D eigenvalue weighted by Gasteiger charge is 2.29. The molecule has 5 heteroatoms. The number of aromatic nitrogens is 2. The molecule has 0 bridgehead atoms. The first-order chi connectivity index (χ1) is 8.97. The van der Waals surface area contributed by atoms with Crippen LogP contribution in [0.5, 0.6) is 0 Å². The molecule has 0 radical (unpaired) electrons. The minimum absolute atomic E-state index is 0.0895. The number of ketones is 2. The van der Waals surface area contributed by atoms with Crippen LogP contribution in [-0.4, -0.2) is 28.2 Å². The third-order valence-corrected chi connectivity index (χ3v) is 3.35. The topological polar surface area (TPSA) is 61.2 Å². The average molecular weight is 260 g/mol. The normalized spacial score (nSPS) is 16.6. The Kier molecular flexibility index (Phi) is 3.48. The molecule has 0 spiro atoms. The van der Waals surface area contributed by atoms with Crippen molar-refractivity contribution < 1.29 is 14.3 Å². The molecule has 5 nitrogen and oxygen atoms in total. The second kappa shape index (κ2) is 4.93. The van der Waals surface area contributed by atoms with Crippen molar-refractivity contribution in [3.63, 3.8) is 0 Å². The lowest BCUT2D eigenvalue weighted by Gasteiger charge is -2.17. The number of hydrogen-bond donors (Lipinski definition) is 0. The van der Waals surface area contributed by atoms with Crippen molar-refractivity contribution in [2.24, 2.45) is 0 Å². The van der Waals surface area contributed by atoms with Crippen LogP contribution in [0, 0.1) is 0 Å². The lowest BCUT2D eigenvalue weighted by atomic mass is 9.85. The number of hydrogen-bond acceptors (Lipinski definition) is 4. The fraction of sp³-hybridized carbons (Fsp3) is 0.357. The number of ether oxygens (including phenoxy) is 1. The third kappa shape index (κ3) is 2.17. The summed E-state index contributed by atoms with van der Waals surface area (Å²) in [5.41, 5.74) is 2.37. The van der Waals surface area contributed by atoms with Crippen LogP contribution >= 0.6 is 0 Å². The summed E-state index contributed by atoms with van der Waals surface area (Å²) in [7, 11) is 1.58. The molecule has 0 aliphatic heterocycles. The number of rotatable bonds is 3. The maximum Gasteiger partial charge on any atom is 0.191 e. The smallest absolute Gasteiger partial charge is 0.191 e. The van der Waals surface area contributed by atoms with Crippen molar-refractivity contribution in [2.75, 3.05) is 7.11 Å². The predicted octanol–water partition coefficient (Wildman–Crippen LogP) is 1.75. The van der Waals surface area contributed by atoms with Gasteiger partial charge in [0.05, 0.1) is 17.6 Å². The Hall–Kier alpha value is -2.01. The first-order valence-electron chi connectivity index (χ1n) is 5.96. The van der Waals surface area contributed by atoms with Crippen LogP contribution in [0.1, 0.15) is 26.5 Å². The molecule has 19 heavy (non-hydrogen) atoms. The van der Waals surface area contributed by atoms with Crippen LogP contribution in [0.4, 0.5) is 0 Å². The second-order valence-corrected chi connectivity index (χ2v) is 4.60. The molecule has 2 rings (SSSR count). The zero-order valence-electron chi connectivity index (χ0n) is 11.5. The molecule has 0 amide bonds. The highest BCUT2D eigenvalue weighted by molar-refractivity contribution is 6.38. The van der Waals surface area contributed by atoms with Crippen LogP contribution in [0.2, 0.25) is 0 Å². The number of Topliss-reactive ketones (excluding diaryl/α,β-unsaturated/α-hetero) is 2. The van der Waals surface area contributed by atoms with Gasteiger partial charge in [0.15, 0.2) is 11.6 Å². The van der Waals surface area contributed by atoms with Gasteiger partial charge in [0.25, 0.3) is 0 Å². The summed E-state index contributed by atoms with van der Waals surface area (Å²) in [6.07, 6.45) is 3.29. The van der Waals surface area contributed by atoms with Gasteiger partial charge in [0, 0.05) is 30.0 Å². The van der Waals surface area contributed by atoms with E-state index in [2.05, 4.69) is 4.98 Å². The van der Waals surface area contributed by atoms with Crippen LogP contribution in [-0.2, 0) is 21.1 Å². The number of allylic oxidation sites excluding steroid dienone is 4. The fourth-order valence-electron chi connectivity index (χ4n) is 2.11. The van der Waals surface area contributed by atoms with E-state index in [-0.39, 0.29) is 11.6 Å². The minimum Gasteiger partial charge on any atom is -0.364 e. The first kappa shape index (κ1) is 13.4. The number of carbonyl (C=O) groups excluding carboxylic acids is 2. The fourth-order valence-corrected chi connectivity index (χ4v) is 2.11. The summed E-state index contributed by atoms with van der Waals surface area (Å²) in [5.74, 6) is -0.217. The van der Waals surface area contributed by atoms with Crippen molar-refractivity contribution in [2.45, 2.75) is 27.5 Å². The van der Waals surface area contributed by atoms with Gasteiger partial charge in [-0.25, -0.2) is 4.98 Å². The van der Waals surface area contributed by atoms with E-state index in [1.165, 1.54) is 0 Å². The minimum atomic E-state index is -0.128. The van der Waals surface area contributed by atoms with Crippen LogP contribution < -0.4 is 0 Å². The molecule has 0 atom stereocenters. The third-order valence-electron chi connectivity index (χ3n) is 3.35. The summed E-state index contributed by atoms with van der Waals surface area (Å²) < 4.78 is 6.70. The Balaban J connectivity index is 2.48. The van der Waals surface area contributed by atoms with E-state index in [9.17, 15) is 9.59 Å². The Bertz CT molecular complexity index is 620. The van der Waals surface area contributed by atoms with Crippen molar-refractivity contribution in [3.8, 4) is 0 Å². The molecular weight excluding hydrogens is 244 g/mol. The van der Waals surface area contributed by atoms with Gasteiger partial charge >= 0.3 is 0 Å². The van der Waals surface area contributed by atoms with E-state index in [0.717, 1.165) is 0 Å². The molecule has 0 aromatic carbocycles. The standard InChI is InChI=1S/C14H16N2O3/c1-8-9(2)14(18)12(10(3)13(8)17)11-5-16(6-15-11)7-19-4/h5-6H,7H2,1-4H3. The van der Waals surface area contributed by atoms with Gasteiger partial charge in [-0.2, -0.15) is 0 Å². The SMILES string of the molecule is COCn1cnc(C2=C(C)C(=O)C(C)=C(C)C2=O)c1. The highest BCUT2D eigenvalue weighted by atomic mass is 16.5. The van der Waals surface area contributed by atoms with E-state index in [1.54, 1.807) is 45.0 Å².